The van der Waals surface area contributed by atoms with E-state index in [2.05, 4.69) is 26.2 Å². The number of aromatic nitrogens is 2. The van der Waals surface area contributed by atoms with Crippen LogP contribution in [0.25, 0.3) is 10.9 Å². The fourth-order valence-electron chi connectivity index (χ4n) is 2.14. The number of benzene rings is 1. The molecule has 0 saturated carbocycles. The normalized spacial score (nSPS) is 10.6. The van der Waals surface area contributed by atoms with Crippen LogP contribution in [0, 0.1) is 0 Å². The number of carbonyl (C=O) groups is 2. The van der Waals surface area contributed by atoms with Gasteiger partial charge in [0, 0.05) is 24.0 Å². The molecular formula is C16H18BrN3O4. The molecule has 1 heterocycles. The maximum absolute atomic E-state index is 12.4. The van der Waals surface area contributed by atoms with Gasteiger partial charge >= 0.3 is 5.97 Å². The molecule has 1 N–H and O–H groups in total. The van der Waals surface area contributed by atoms with Crippen LogP contribution < -0.4 is 10.9 Å². The molecule has 0 bridgehead atoms. The average Bonchev–Trinajstić information content (AvgIpc) is 2.55. The van der Waals surface area contributed by atoms with E-state index in [0.29, 0.717) is 17.5 Å². The van der Waals surface area contributed by atoms with E-state index < -0.39 is 0 Å². The summed E-state index contributed by atoms with van der Waals surface area (Å²) in [7, 11) is 0. The SMILES string of the molecule is CCOC(=O)CCNC(=O)CCn1cnc2ccc(Br)cc2c1=O. The lowest BCUT2D eigenvalue weighted by Gasteiger charge is -2.08. The van der Waals surface area contributed by atoms with Crippen LogP contribution in [0.5, 0.6) is 0 Å². The lowest BCUT2D eigenvalue weighted by Crippen LogP contribution is -2.29. The fourth-order valence-corrected chi connectivity index (χ4v) is 2.50. The van der Waals surface area contributed by atoms with Crippen molar-refractivity contribution in [3.8, 4) is 0 Å². The van der Waals surface area contributed by atoms with Crippen LogP contribution in [-0.2, 0) is 20.9 Å². The largest absolute Gasteiger partial charge is 0.466 e. The summed E-state index contributed by atoms with van der Waals surface area (Å²) in [5, 5.41) is 3.12. The van der Waals surface area contributed by atoms with Gasteiger partial charge in [0.2, 0.25) is 5.91 Å². The van der Waals surface area contributed by atoms with Crippen LogP contribution >= 0.6 is 15.9 Å². The topological polar surface area (TPSA) is 90.3 Å². The lowest BCUT2D eigenvalue weighted by atomic mass is 10.2. The number of ether oxygens (including phenoxy) is 1. The van der Waals surface area contributed by atoms with Crippen molar-refractivity contribution in [2.75, 3.05) is 13.2 Å². The zero-order valence-electron chi connectivity index (χ0n) is 13.3. The molecule has 128 valence electrons. The number of nitrogens with one attached hydrogen (secondary N) is 1. The minimum atomic E-state index is -0.349. The molecule has 2 aromatic rings. The molecule has 0 atom stereocenters. The number of carbonyl (C=O) groups excluding carboxylic acids is 2. The molecule has 0 spiro atoms. The first kappa shape index (κ1) is 18.1. The van der Waals surface area contributed by atoms with Gasteiger partial charge < -0.3 is 10.1 Å². The Kier molecular flexibility index (Phi) is 6.48. The van der Waals surface area contributed by atoms with Crippen LogP contribution in [0.1, 0.15) is 19.8 Å². The Labute approximate surface area is 147 Å². The number of aryl methyl sites for hydroxylation is 1. The van der Waals surface area contributed by atoms with E-state index >= 15 is 0 Å². The number of amides is 1. The van der Waals surface area contributed by atoms with Crippen molar-refractivity contribution >= 4 is 38.7 Å². The summed E-state index contributed by atoms with van der Waals surface area (Å²) < 4.78 is 6.97. The summed E-state index contributed by atoms with van der Waals surface area (Å²) in [5.41, 5.74) is 0.416. The molecule has 24 heavy (non-hydrogen) atoms. The second-order valence-corrected chi connectivity index (χ2v) is 5.98. The molecular weight excluding hydrogens is 378 g/mol. The first-order valence-corrected chi connectivity index (χ1v) is 8.37. The third-order valence-corrected chi connectivity index (χ3v) is 3.82. The molecule has 0 radical (unpaired) electrons. The molecule has 1 aromatic heterocycles. The second kappa shape index (κ2) is 8.58. The third-order valence-electron chi connectivity index (χ3n) is 3.32. The highest BCUT2D eigenvalue weighted by Gasteiger charge is 2.08. The van der Waals surface area contributed by atoms with Gasteiger partial charge in [-0.3, -0.25) is 19.0 Å². The summed E-state index contributed by atoms with van der Waals surface area (Å²) in [5.74, 6) is -0.584. The highest BCUT2D eigenvalue weighted by molar-refractivity contribution is 9.10. The van der Waals surface area contributed by atoms with Gasteiger partial charge in [0.15, 0.2) is 0 Å². The van der Waals surface area contributed by atoms with Gasteiger partial charge in [0.05, 0.1) is 30.3 Å². The molecule has 1 amide bonds. The van der Waals surface area contributed by atoms with Gasteiger partial charge in [-0.2, -0.15) is 0 Å². The average molecular weight is 396 g/mol. The van der Waals surface area contributed by atoms with Crippen LogP contribution in [0.15, 0.2) is 33.8 Å². The number of hydrogen-bond acceptors (Lipinski definition) is 5. The smallest absolute Gasteiger partial charge is 0.307 e. The molecule has 0 unspecified atom stereocenters. The van der Waals surface area contributed by atoms with Crippen LogP contribution in [-0.4, -0.2) is 34.6 Å². The van der Waals surface area contributed by atoms with E-state index in [1.807, 2.05) is 6.07 Å². The van der Waals surface area contributed by atoms with Crippen LogP contribution in [0.3, 0.4) is 0 Å². The van der Waals surface area contributed by atoms with E-state index in [0.717, 1.165) is 4.47 Å². The highest BCUT2D eigenvalue weighted by Crippen LogP contribution is 2.14. The van der Waals surface area contributed by atoms with Crippen molar-refractivity contribution in [3.63, 3.8) is 0 Å². The quantitative estimate of drug-likeness (QED) is 0.719. The summed E-state index contributed by atoms with van der Waals surface area (Å²) in [6.45, 7) is 2.49. The van der Waals surface area contributed by atoms with E-state index in [1.165, 1.54) is 10.9 Å². The maximum Gasteiger partial charge on any atom is 0.307 e. The Bertz CT molecular complexity index is 803. The lowest BCUT2D eigenvalue weighted by molar-refractivity contribution is -0.143. The van der Waals surface area contributed by atoms with E-state index in [4.69, 9.17) is 4.74 Å². The summed E-state index contributed by atoms with van der Waals surface area (Å²) in [6.07, 6.45) is 1.69. The minimum absolute atomic E-state index is 0.129. The minimum Gasteiger partial charge on any atom is -0.466 e. The second-order valence-electron chi connectivity index (χ2n) is 5.06. The monoisotopic (exact) mass is 395 g/mol. The van der Waals surface area contributed by atoms with Gasteiger partial charge in [-0.15, -0.1) is 0 Å². The van der Waals surface area contributed by atoms with Crippen LogP contribution in [0.4, 0.5) is 0 Å². The van der Waals surface area contributed by atoms with Crippen molar-refractivity contribution in [1.29, 1.82) is 0 Å². The van der Waals surface area contributed by atoms with E-state index in [-0.39, 0.29) is 43.4 Å². The Hall–Kier alpha value is -2.22. The van der Waals surface area contributed by atoms with Crippen molar-refractivity contribution in [1.82, 2.24) is 14.9 Å². The Morgan fingerprint density at radius 2 is 2.12 bits per heavy atom. The highest BCUT2D eigenvalue weighted by atomic mass is 79.9. The summed E-state index contributed by atoms with van der Waals surface area (Å²) in [4.78, 5) is 39.5. The number of hydrogen-bond donors (Lipinski definition) is 1. The van der Waals surface area contributed by atoms with Crippen molar-refractivity contribution < 1.29 is 14.3 Å². The number of fused-ring (bicyclic) bond motifs is 1. The molecule has 0 aliphatic heterocycles. The van der Waals surface area contributed by atoms with E-state index in [1.54, 1.807) is 19.1 Å². The molecule has 1 aromatic carbocycles. The molecule has 0 saturated heterocycles. The predicted molar refractivity (Wildman–Crippen MR) is 92.6 cm³/mol. The molecule has 8 heteroatoms. The van der Waals surface area contributed by atoms with Gasteiger partial charge in [-0.25, -0.2) is 4.98 Å². The molecule has 0 aliphatic carbocycles. The third kappa shape index (κ3) is 4.89. The standard InChI is InChI=1S/C16H18BrN3O4/c1-2-24-15(22)5-7-18-14(21)6-8-20-10-19-13-4-3-11(17)9-12(13)16(20)23/h3-4,9-10H,2,5-8H2,1H3,(H,18,21). The van der Waals surface area contributed by atoms with Gasteiger partial charge in [0.1, 0.15) is 0 Å². The Balaban J connectivity index is 1.91. The van der Waals surface area contributed by atoms with Gasteiger partial charge in [-0.05, 0) is 25.1 Å². The summed E-state index contributed by atoms with van der Waals surface area (Å²) in [6, 6.07) is 5.28. The van der Waals surface area contributed by atoms with Crippen molar-refractivity contribution in [2.24, 2.45) is 0 Å². The number of rotatable bonds is 7. The van der Waals surface area contributed by atoms with E-state index in [9.17, 15) is 14.4 Å². The predicted octanol–water partition coefficient (Wildman–Crippen LogP) is 1.62. The van der Waals surface area contributed by atoms with Gasteiger partial charge in [0.25, 0.3) is 5.56 Å². The summed E-state index contributed by atoms with van der Waals surface area (Å²) >= 11 is 3.33. The molecule has 0 fully saturated rings. The number of nitrogens with zero attached hydrogens (tertiary/aromatic N) is 2. The zero-order valence-corrected chi connectivity index (χ0v) is 14.8. The number of esters is 1. The van der Waals surface area contributed by atoms with Crippen molar-refractivity contribution in [3.05, 3.63) is 39.4 Å². The Morgan fingerprint density at radius 3 is 2.88 bits per heavy atom. The van der Waals surface area contributed by atoms with Crippen LogP contribution in [0.2, 0.25) is 0 Å². The van der Waals surface area contributed by atoms with Crippen molar-refractivity contribution in [2.45, 2.75) is 26.3 Å². The molecule has 2 rings (SSSR count). The number of halogens is 1. The maximum atomic E-state index is 12.4. The first-order valence-electron chi connectivity index (χ1n) is 7.58. The zero-order chi connectivity index (χ0) is 17.5. The fraction of sp³-hybridized carbons (Fsp3) is 0.375. The molecule has 7 nitrogen and oxygen atoms in total. The first-order chi connectivity index (χ1) is 11.5. The Morgan fingerprint density at radius 1 is 1.33 bits per heavy atom. The molecule has 0 aliphatic rings. The van der Waals surface area contributed by atoms with Gasteiger partial charge in [-0.1, -0.05) is 15.9 Å².